The topological polar surface area (TPSA) is 23.8 Å². The van der Waals surface area contributed by atoms with Crippen LogP contribution in [0.1, 0.15) is 54.7 Å². The molecule has 78 valence electrons. The van der Waals surface area contributed by atoms with E-state index < -0.39 is 0 Å². The van der Waals surface area contributed by atoms with Crippen molar-refractivity contribution in [1.29, 1.82) is 5.26 Å². The van der Waals surface area contributed by atoms with E-state index in [0.717, 1.165) is 17.0 Å². The van der Waals surface area contributed by atoms with Crippen molar-refractivity contribution >= 4 is 0 Å². The maximum absolute atomic E-state index is 8.87. The van der Waals surface area contributed by atoms with Gasteiger partial charge in [-0.1, -0.05) is 31.4 Å². The Hall–Kier alpha value is -1.29. The van der Waals surface area contributed by atoms with Gasteiger partial charge in [0.05, 0.1) is 11.6 Å². The largest absolute Gasteiger partial charge is 0.192 e. The minimum absolute atomic E-state index is 0.741. The van der Waals surface area contributed by atoms with Gasteiger partial charge < -0.3 is 0 Å². The first-order valence-electron chi connectivity index (χ1n) is 5.82. The maximum Gasteiger partial charge on any atom is 0.0994 e. The molecular weight excluding hydrogens is 182 g/mol. The van der Waals surface area contributed by atoms with Crippen molar-refractivity contribution in [3.8, 4) is 6.07 Å². The number of hydrogen-bond acceptors (Lipinski definition) is 1. The fraction of sp³-hybridized carbons (Fsp3) is 0.500. The summed E-state index contributed by atoms with van der Waals surface area (Å²) in [6.07, 6.45) is 6.77. The van der Waals surface area contributed by atoms with Crippen LogP contribution in [0.3, 0.4) is 0 Å². The van der Waals surface area contributed by atoms with Crippen molar-refractivity contribution in [3.05, 3.63) is 34.9 Å². The van der Waals surface area contributed by atoms with Crippen molar-refractivity contribution in [2.45, 2.75) is 44.9 Å². The zero-order chi connectivity index (χ0) is 10.7. The molecule has 0 amide bonds. The Balaban J connectivity index is 2.22. The summed E-state index contributed by atoms with van der Waals surface area (Å²) >= 11 is 0. The van der Waals surface area contributed by atoms with Crippen LogP contribution in [0.2, 0.25) is 0 Å². The molecule has 0 N–H and O–H groups in total. The number of nitriles is 1. The Kier molecular flexibility index (Phi) is 3.06. The lowest BCUT2D eigenvalue weighted by Crippen LogP contribution is -2.04. The monoisotopic (exact) mass is 199 g/mol. The third-order valence-corrected chi connectivity index (χ3v) is 3.45. The maximum atomic E-state index is 8.87. The quantitative estimate of drug-likeness (QED) is 0.672. The van der Waals surface area contributed by atoms with Gasteiger partial charge in [0.15, 0.2) is 0 Å². The van der Waals surface area contributed by atoms with Gasteiger partial charge in [-0.05, 0) is 42.9 Å². The molecule has 0 unspecified atom stereocenters. The average Bonchev–Trinajstić information content (AvgIpc) is 2.30. The highest BCUT2D eigenvalue weighted by Crippen LogP contribution is 2.33. The summed E-state index contributed by atoms with van der Waals surface area (Å²) < 4.78 is 0. The minimum Gasteiger partial charge on any atom is -0.192 e. The lowest BCUT2D eigenvalue weighted by molar-refractivity contribution is 0.443. The van der Waals surface area contributed by atoms with Gasteiger partial charge in [0.25, 0.3) is 0 Å². The zero-order valence-corrected chi connectivity index (χ0v) is 9.29. The summed E-state index contributed by atoms with van der Waals surface area (Å²) in [5.41, 5.74) is 3.38. The molecule has 1 saturated carbocycles. The number of benzene rings is 1. The molecule has 0 heterocycles. The smallest absolute Gasteiger partial charge is 0.0994 e. The van der Waals surface area contributed by atoms with E-state index in [9.17, 15) is 0 Å². The van der Waals surface area contributed by atoms with Gasteiger partial charge in [0, 0.05) is 0 Å². The van der Waals surface area contributed by atoms with Crippen LogP contribution in [0.5, 0.6) is 0 Å². The second-order valence-corrected chi connectivity index (χ2v) is 4.52. The SMILES string of the molecule is Cc1cc(C2CCCCC2)ccc1C#N. The highest BCUT2D eigenvalue weighted by atomic mass is 14.2. The lowest BCUT2D eigenvalue weighted by atomic mass is 9.83. The van der Waals surface area contributed by atoms with Gasteiger partial charge in [0.1, 0.15) is 0 Å². The van der Waals surface area contributed by atoms with E-state index in [1.54, 1.807) is 0 Å². The fourth-order valence-electron chi connectivity index (χ4n) is 2.50. The van der Waals surface area contributed by atoms with Gasteiger partial charge in [-0.15, -0.1) is 0 Å². The molecule has 1 aliphatic carbocycles. The molecule has 0 spiro atoms. The highest BCUT2D eigenvalue weighted by molar-refractivity contribution is 5.40. The number of nitrogens with zero attached hydrogens (tertiary/aromatic N) is 1. The van der Waals surface area contributed by atoms with Gasteiger partial charge in [-0.25, -0.2) is 0 Å². The van der Waals surface area contributed by atoms with Crippen LogP contribution in [0.25, 0.3) is 0 Å². The number of hydrogen-bond donors (Lipinski definition) is 0. The molecule has 1 fully saturated rings. The Bertz CT molecular complexity index is 381. The fourth-order valence-corrected chi connectivity index (χ4v) is 2.50. The molecule has 2 rings (SSSR count). The average molecular weight is 199 g/mol. The Labute approximate surface area is 91.7 Å². The summed E-state index contributed by atoms with van der Waals surface area (Å²) in [6, 6.07) is 8.54. The molecule has 1 aromatic carbocycles. The second-order valence-electron chi connectivity index (χ2n) is 4.52. The first-order valence-corrected chi connectivity index (χ1v) is 5.82. The van der Waals surface area contributed by atoms with E-state index in [-0.39, 0.29) is 0 Å². The van der Waals surface area contributed by atoms with E-state index in [2.05, 4.69) is 18.2 Å². The Morgan fingerprint density at radius 2 is 1.93 bits per heavy atom. The van der Waals surface area contributed by atoms with Crippen LogP contribution < -0.4 is 0 Å². The first-order chi connectivity index (χ1) is 7.31. The summed E-state index contributed by atoms with van der Waals surface area (Å²) in [5, 5.41) is 8.87. The van der Waals surface area contributed by atoms with E-state index >= 15 is 0 Å². The molecule has 0 aromatic heterocycles. The van der Waals surface area contributed by atoms with Crippen LogP contribution in [0.4, 0.5) is 0 Å². The second kappa shape index (κ2) is 4.49. The van der Waals surface area contributed by atoms with Gasteiger partial charge in [-0.3, -0.25) is 0 Å². The molecule has 1 nitrogen and oxygen atoms in total. The summed E-state index contributed by atoms with van der Waals surface area (Å²) in [6.45, 7) is 2.03. The van der Waals surface area contributed by atoms with Crippen LogP contribution in [0.15, 0.2) is 18.2 Å². The van der Waals surface area contributed by atoms with Crippen molar-refractivity contribution in [1.82, 2.24) is 0 Å². The van der Waals surface area contributed by atoms with Crippen LogP contribution in [-0.2, 0) is 0 Å². The standard InChI is InChI=1S/C14H17N/c1-11-9-13(7-8-14(11)10-15)12-5-3-2-4-6-12/h7-9,12H,2-6H2,1H3. The Morgan fingerprint density at radius 1 is 1.20 bits per heavy atom. The Morgan fingerprint density at radius 3 is 2.53 bits per heavy atom. The molecule has 15 heavy (non-hydrogen) atoms. The first kappa shape index (κ1) is 10.2. The highest BCUT2D eigenvalue weighted by Gasteiger charge is 2.15. The molecule has 0 radical (unpaired) electrons. The molecule has 0 saturated heterocycles. The molecule has 0 bridgehead atoms. The third-order valence-electron chi connectivity index (χ3n) is 3.45. The van der Waals surface area contributed by atoms with Crippen LogP contribution in [-0.4, -0.2) is 0 Å². The van der Waals surface area contributed by atoms with E-state index in [4.69, 9.17) is 5.26 Å². The molecule has 1 aromatic rings. The molecule has 1 heteroatoms. The summed E-state index contributed by atoms with van der Waals surface area (Å²) in [5.74, 6) is 0.741. The molecule has 0 aliphatic heterocycles. The normalized spacial score (nSPS) is 17.3. The summed E-state index contributed by atoms with van der Waals surface area (Å²) in [7, 11) is 0. The molecule has 0 atom stereocenters. The predicted molar refractivity (Wildman–Crippen MR) is 61.7 cm³/mol. The number of aryl methyl sites for hydroxylation is 1. The van der Waals surface area contributed by atoms with Gasteiger partial charge >= 0.3 is 0 Å². The van der Waals surface area contributed by atoms with Crippen molar-refractivity contribution in [2.24, 2.45) is 0 Å². The zero-order valence-electron chi connectivity index (χ0n) is 9.29. The predicted octanol–water partition coefficient (Wildman–Crippen LogP) is 3.91. The lowest BCUT2D eigenvalue weighted by Gasteiger charge is -2.22. The van der Waals surface area contributed by atoms with Gasteiger partial charge in [-0.2, -0.15) is 5.26 Å². The van der Waals surface area contributed by atoms with E-state index in [0.29, 0.717) is 0 Å². The minimum atomic E-state index is 0.741. The van der Waals surface area contributed by atoms with E-state index in [1.165, 1.54) is 37.7 Å². The van der Waals surface area contributed by atoms with Crippen molar-refractivity contribution in [2.75, 3.05) is 0 Å². The van der Waals surface area contributed by atoms with Crippen molar-refractivity contribution in [3.63, 3.8) is 0 Å². The molecular formula is C14H17N. The third kappa shape index (κ3) is 2.21. The number of rotatable bonds is 1. The van der Waals surface area contributed by atoms with Crippen LogP contribution >= 0.6 is 0 Å². The van der Waals surface area contributed by atoms with Crippen LogP contribution in [0, 0.1) is 18.3 Å². The van der Waals surface area contributed by atoms with E-state index in [1.807, 2.05) is 13.0 Å². The van der Waals surface area contributed by atoms with Crippen molar-refractivity contribution < 1.29 is 0 Å². The molecule has 1 aliphatic rings. The summed E-state index contributed by atoms with van der Waals surface area (Å²) in [4.78, 5) is 0. The van der Waals surface area contributed by atoms with Gasteiger partial charge in [0.2, 0.25) is 0 Å².